The smallest absolute Gasteiger partial charge is 0.250 e. The molecule has 0 aliphatic carbocycles. The van der Waals surface area contributed by atoms with Crippen molar-refractivity contribution in [3.63, 3.8) is 0 Å². The van der Waals surface area contributed by atoms with E-state index >= 15 is 0 Å². The molecule has 33 heavy (non-hydrogen) atoms. The Morgan fingerprint density at radius 3 is 2.73 bits per heavy atom. The number of carbonyl (C=O) groups is 1. The van der Waals surface area contributed by atoms with E-state index in [1.165, 1.54) is 11.8 Å². The van der Waals surface area contributed by atoms with E-state index in [0.717, 1.165) is 27.6 Å². The molecule has 0 radical (unpaired) electrons. The van der Waals surface area contributed by atoms with Crippen LogP contribution in [-0.2, 0) is 4.79 Å². The van der Waals surface area contributed by atoms with Crippen molar-refractivity contribution in [2.75, 3.05) is 12.4 Å². The number of rotatable bonds is 9. The lowest BCUT2D eigenvalue weighted by Crippen LogP contribution is -2.21. The van der Waals surface area contributed by atoms with Gasteiger partial charge >= 0.3 is 0 Å². The molecule has 4 aromatic rings. The average Bonchev–Trinajstić information content (AvgIpc) is 3.53. The third-order valence-electron chi connectivity index (χ3n) is 4.52. The SMILES string of the molecule is CCOc1ccc(-n2c(SCC(=O)N/N=C(\C)c3cccs3)nnc2-c2cccnc2)cc1. The van der Waals surface area contributed by atoms with Crippen LogP contribution in [0.5, 0.6) is 5.75 Å². The first-order chi connectivity index (χ1) is 16.2. The number of carbonyl (C=O) groups excluding carboxylic acids is 1. The van der Waals surface area contributed by atoms with E-state index in [-0.39, 0.29) is 11.7 Å². The Labute approximate surface area is 199 Å². The van der Waals surface area contributed by atoms with Gasteiger partial charge in [-0.3, -0.25) is 14.3 Å². The number of hydrazone groups is 1. The van der Waals surface area contributed by atoms with Gasteiger partial charge in [0, 0.05) is 28.5 Å². The highest BCUT2D eigenvalue weighted by Crippen LogP contribution is 2.28. The fourth-order valence-corrected chi connectivity index (χ4v) is 4.41. The zero-order valence-corrected chi connectivity index (χ0v) is 19.8. The van der Waals surface area contributed by atoms with E-state index in [1.54, 1.807) is 23.7 Å². The molecule has 4 rings (SSSR count). The summed E-state index contributed by atoms with van der Waals surface area (Å²) in [6, 6.07) is 15.4. The van der Waals surface area contributed by atoms with Gasteiger partial charge in [-0.2, -0.15) is 5.10 Å². The highest BCUT2D eigenvalue weighted by Gasteiger charge is 2.17. The molecule has 1 amide bonds. The van der Waals surface area contributed by atoms with Crippen molar-refractivity contribution in [3.05, 3.63) is 71.2 Å². The van der Waals surface area contributed by atoms with Crippen LogP contribution in [0.2, 0.25) is 0 Å². The zero-order chi connectivity index (χ0) is 23.0. The molecular weight excluding hydrogens is 456 g/mol. The topological polar surface area (TPSA) is 94.3 Å². The van der Waals surface area contributed by atoms with Gasteiger partial charge in [0.2, 0.25) is 0 Å². The van der Waals surface area contributed by atoms with Gasteiger partial charge in [-0.05, 0) is 61.7 Å². The fourth-order valence-electron chi connectivity index (χ4n) is 2.98. The number of hydrogen-bond acceptors (Lipinski definition) is 8. The van der Waals surface area contributed by atoms with Crippen LogP contribution in [0.4, 0.5) is 0 Å². The lowest BCUT2D eigenvalue weighted by molar-refractivity contribution is -0.118. The minimum atomic E-state index is -0.222. The molecular formula is C23H22N6O2S2. The molecule has 0 saturated carbocycles. The average molecular weight is 479 g/mol. The molecule has 3 aromatic heterocycles. The molecule has 0 saturated heterocycles. The summed E-state index contributed by atoms with van der Waals surface area (Å²) in [6.07, 6.45) is 3.44. The maximum atomic E-state index is 12.4. The van der Waals surface area contributed by atoms with E-state index in [9.17, 15) is 4.79 Å². The summed E-state index contributed by atoms with van der Waals surface area (Å²) < 4.78 is 7.46. The predicted molar refractivity (Wildman–Crippen MR) is 131 cm³/mol. The van der Waals surface area contributed by atoms with E-state index in [2.05, 4.69) is 25.7 Å². The van der Waals surface area contributed by atoms with Gasteiger partial charge in [0.05, 0.1) is 18.1 Å². The molecule has 0 unspecified atom stereocenters. The molecule has 1 N–H and O–H groups in total. The van der Waals surface area contributed by atoms with Crippen LogP contribution in [0, 0.1) is 0 Å². The van der Waals surface area contributed by atoms with Crippen LogP contribution in [0.25, 0.3) is 17.1 Å². The monoisotopic (exact) mass is 478 g/mol. The van der Waals surface area contributed by atoms with Crippen molar-refractivity contribution in [1.82, 2.24) is 25.2 Å². The number of thioether (sulfide) groups is 1. The summed E-state index contributed by atoms with van der Waals surface area (Å²) in [5.74, 6) is 1.34. The van der Waals surface area contributed by atoms with Crippen LogP contribution < -0.4 is 10.2 Å². The van der Waals surface area contributed by atoms with Crippen molar-refractivity contribution in [3.8, 4) is 22.8 Å². The summed E-state index contributed by atoms with van der Waals surface area (Å²) in [5.41, 5.74) is 5.06. The molecule has 168 valence electrons. The van der Waals surface area contributed by atoms with Crippen molar-refractivity contribution < 1.29 is 9.53 Å². The van der Waals surface area contributed by atoms with Crippen LogP contribution in [0.15, 0.2) is 76.6 Å². The normalized spacial score (nSPS) is 11.4. The number of pyridine rings is 1. The summed E-state index contributed by atoms with van der Waals surface area (Å²) in [6.45, 7) is 4.40. The molecule has 10 heteroatoms. The zero-order valence-electron chi connectivity index (χ0n) is 18.1. The van der Waals surface area contributed by atoms with E-state index in [4.69, 9.17) is 4.74 Å². The maximum Gasteiger partial charge on any atom is 0.250 e. The van der Waals surface area contributed by atoms with Crippen molar-refractivity contribution >= 4 is 34.7 Å². The molecule has 0 bridgehead atoms. The number of aromatic nitrogens is 4. The molecule has 0 aliphatic rings. The third kappa shape index (κ3) is 5.65. The summed E-state index contributed by atoms with van der Waals surface area (Å²) >= 11 is 2.86. The first kappa shape index (κ1) is 22.7. The number of nitrogens with one attached hydrogen (secondary N) is 1. The largest absolute Gasteiger partial charge is 0.494 e. The Bertz CT molecular complexity index is 1220. The van der Waals surface area contributed by atoms with Crippen LogP contribution in [0.1, 0.15) is 18.7 Å². The Morgan fingerprint density at radius 2 is 2.03 bits per heavy atom. The quantitative estimate of drug-likeness (QED) is 0.217. The van der Waals surface area contributed by atoms with Gasteiger partial charge in [0.1, 0.15) is 5.75 Å². The van der Waals surface area contributed by atoms with Crippen molar-refractivity contribution in [1.29, 1.82) is 0 Å². The van der Waals surface area contributed by atoms with Crippen molar-refractivity contribution in [2.24, 2.45) is 5.10 Å². The molecule has 1 aromatic carbocycles. The van der Waals surface area contributed by atoms with E-state index in [1.807, 2.05) is 72.3 Å². The van der Waals surface area contributed by atoms with Crippen LogP contribution in [-0.4, -0.2) is 43.7 Å². The molecule has 0 aliphatic heterocycles. The highest BCUT2D eigenvalue weighted by atomic mass is 32.2. The van der Waals surface area contributed by atoms with E-state index < -0.39 is 0 Å². The number of nitrogens with zero attached hydrogens (tertiary/aromatic N) is 5. The number of hydrogen-bond donors (Lipinski definition) is 1. The minimum Gasteiger partial charge on any atom is -0.494 e. The second-order valence-electron chi connectivity index (χ2n) is 6.81. The molecule has 0 spiro atoms. The Morgan fingerprint density at radius 1 is 1.18 bits per heavy atom. The van der Waals surface area contributed by atoms with Gasteiger partial charge in [0.15, 0.2) is 11.0 Å². The van der Waals surface area contributed by atoms with Gasteiger partial charge in [0.25, 0.3) is 5.91 Å². The summed E-state index contributed by atoms with van der Waals surface area (Å²) in [7, 11) is 0. The standard InChI is InChI=1S/C23H22N6O2S2/c1-3-31-19-10-8-18(9-11-19)29-22(17-6-4-12-24-14-17)27-28-23(29)33-15-21(30)26-25-16(2)20-7-5-13-32-20/h4-14H,3,15H2,1-2H3,(H,26,30)/b25-16+. The minimum absolute atomic E-state index is 0.142. The first-order valence-corrected chi connectivity index (χ1v) is 12.1. The first-order valence-electron chi connectivity index (χ1n) is 10.2. The Kier molecular flexibility index (Phi) is 7.48. The van der Waals surface area contributed by atoms with Gasteiger partial charge in [-0.1, -0.05) is 17.8 Å². The molecule has 8 nitrogen and oxygen atoms in total. The van der Waals surface area contributed by atoms with Crippen molar-refractivity contribution in [2.45, 2.75) is 19.0 Å². The molecule has 3 heterocycles. The number of thiophene rings is 1. The Hall–Kier alpha value is -3.50. The number of ether oxygens (including phenoxy) is 1. The second-order valence-corrected chi connectivity index (χ2v) is 8.70. The lowest BCUT2D eigenvalue weighted by atomic mass is 10.2. The van der Waals surface area contributed by atoms with Gasteiger partial charge in [-0.15, -0.1) is 21.5 Å². The third-order valence-corrected chi connectivity index (χ3v) is 6.43. The predicted octanol–water partition coefficient (Wildman–Crippen LogP) is 4.42. The molecule has 0 fully saturated rings. The highest BCUT2D eigenvalue weighted by molar-refractivity contribution is 7.99. The summed E-state index contributed by atoms with van der Waals surface area (Å²) in [4.78, 5) is 17.6. The lowest BCUT2D eigenvalue weighted by Gasteiger charge is -2.11. The second kappa shape index (κ2) is 10.9. The maximum absolute atomic E-state index is 12.4. The number of benzene rings is 1. The van der Waals surface area contributed by atoms with E-state index in [0.29, 0.717) is 17.6 Å². The molecule has 0 atom stereocenters. The van der Waals surface area contributed by atoms with Crippen LogP contribution in [0.3, 0.4) is 0 Å². The van der Waals surface area contributed by atoms with Crippen LogP contribution >= 0.6 is 23.1 Å². The van der Waals surface area contributed by atoms with Gasteiger partial charge in [-0.25, -0.2) is 5.43 Å². The summed E-state index contributed by atoms with van der Waals surface area (Å²) in [5, 5.41) is 15.5. The fraction of sp³-hybridized carbons (Fsp3) is 0.174. The number of amides is 1. The Balaban J connectivity index is 1.54. The van der Waals surface area contributed by atoms with Gasteiger partial charge < -0.3 is 4.74 Å².